The van der Waals surface area contributed by atoms with Crippen molar-refractivity contribution in [3.05, 3.63) is 0 Å². The zero-order valence-corrected chi connectivity index (χ0v) is 52.1. The fourth-order valence-electron chi connectivity index (χ4n) is 8.55. The van der Waals surface area contributed by atoms with Crippen LogP contribution in [0.15, 0.2) is 25.0 Å². The van der Waals surface area contributed by atoms with E-state index in [1.165, 1.54) is 0 Å². The summed E-state index contributed by atoms with van der Waals surface area (Å²) in [5, 5.41) is 30.2. The van der Waals surface area contributed by atoms with Crippen molar-refractivity contribution in [1.29, 1.82) is 0 Å². The van der Waals surface area contributed by atoms with Gasteiger partial charge in [0.15, 0.2) is 29.8 Å². The van der Waals surface area contributed by atoms with Crippen molar-refractivity contribution in [3.63, 3.8) is 0 Å². The number of aliphatic imine (C=N–C) groups is 5. The third-order valence-electron chi connectivity index (χ3n) is 13.4. The van der Waals surface area contributed by atoms with Gasteiger partial charge in [-0.1, -0.05) is 0 Å². The zero-order valence-electron chi connectivity index (χ0n) is 52.1. The normalized spacial score (nSPS) is 13.7. The molecule has 0 aromatic carbocycles. The fourth-order valence-corrected chi connectivity index (χ4v) is 8.55. The molecule has 0 unspecified atom stereocenters. The Morgan fingerprint density at radius 2 is 0.489 bits per heavy atom. The van der Waals surface area contributed by atoms with E-state index in [0.717, 1.165) is 0 Å². The van der Waals surface area contributed by atoms with Gasteiger partial charge in [-0.25, -0.2) is 4.79 Å². The van der Waals surface area contributed by atoms with Crippen molar-refractivity contribution >= 4 is 94.8 Å². The summed E-state index contributed by atoms with van der Waals surface area (Å²) in [5.41, 5.74) is 83.2. The summed E-state index contributed by atoms with van der Waals surface area (Å²) in [7, 11) is 0. The van der Waals surface area contributed by atoms with E-state index in [0.29, 0.717) is 32.1 Å². The number of rotatable bonds is 51. The Bertz CT molecular complexity index is 2520. The van der Waals surface area contributed by atoms with Gasteiger partial charge in [0.25, 0.3) is 0 Å². The van der Waals surface area contributed by atoms with E-state index in [9.17, 15) is 57.8 Å². The lowest BCUT2D eigenvalue weighted by atomic mass is 10.0. The molecule has 0 aliphatic rings. The Labute approximate surface area is 533 Å². The van der Waals surface area contributed by atoms with Crippen molar-refractivity contribution in [3.8, 4) is 0 Å². The third kappa shape index (κ3) is 39.4. The Morgan fingerprint density at radius 3 is 0.717 bits per heavy atom. The Hall–Kier alpha value is -9.60. The number of carboxylic acid groups (broad SMARTS) is 1. The van der Waals surface area contributed by atoms with Crippen molar-refractivity contribution in [2.75, 3.05) is 45.8 Å². The maximum absolute atomic E-state index is 14.6. The second kappa shape index (κ2) is 47.4. The standard InChI is InChI=1S/C52H102N28O12/c53-21-3-1-11-29(73-39(83)28(55)10-5-23-68-48(58)59)40(84)74-30(12-2-4-22-54)41(85)75-31(13-6-24-69-49(60)61)42(86)76-32(14-7-25-70-50(62)63)43(87)78-35(18-20-38(57)82)46(90)79-34(17-19-37(56)81)45(89)77-33(15-8-26-71-51(64)65)44(88)80-36(47(91)92)16-9-27-72-52(66)67/h28-36H,1-27,53-55H2,(H2,56,81)(H2,57,82)(H,73,83)(H,74,84)(H,75,85)(H,76,86)(H,77,89)(H,78,87)(H,79,90)(H,80,88)(H,91,92)(H4,58,59,68)(H4,60,61,69)(H4,62,63,70)(H4,64,65,71)(H4,66,67,72)/t28-,29+,30+,31+,32-,33+,34+,35+,36-/m1/s1. The molecule has 0 saturated carbocycles. The van der Waals surface area contributed by atoms with Crippen molar-refractivity contribution in [2.24, 2.45) is 111 Å². The van der Waals surface area contributed by atoms with E-state index in [1.54, 1.807) is 0 Å². The number of hydrogen-bond acceptors (Lipinski definition) is 19. The number of nitrogens with one attached hydrogen (secondary N) is 8. The van der Waals surface area contributed by atoms with E-state index in [-0.39, 0.29) is 146 Å². The minimum absolute atomic E-state index is 0.00172. The van der Waals surface area contributed by atoms with Crippen LogP contribution in [0.4, 0.5) is 0 Å². The molecule has 0 saturated heterocycles. The van der Waals surface area contributed by atoms with Crippen LogP contribution in [-0.4, -0.2) is 200 Å². The first kappa shape index (κ1) is 82.4. The summed E-state index contributed by atoms with van der Waals surface area (Å²) < 4.78 is 0. The molecule has 92 heavy (non-hydrogen) atoms. The van der Waals surface area contributed by atoms with E-state index in [4.69, 9.17) is 86.0 Å². The summed E-state index contributed by atoms with van der Waals surface area (Å²) in [6.45, 7) is 0.530. The topological polar surface area (TPSA) is 756 Å². The smallest absolute Gasteiger partial charge is 0.326 e. The molecule has 0 fully saturated rings. The van der Waals surface area contributed by atoms with Gasteiger partial charge < -0.3 is 134 Å². The van der Waals surface area contributed by atoms with E-state index in [1.807, 2.05) is 0 Å². The minimum atomic E-state index is -1.74. The average Bonchev–Trinajstić information content (AvgIpc) is 0.932. The lowest BCUT2D eigenvalue weighted by molar-refractivity contribution is -0.142. The molecule has 522 valence electrons. The summed E-state index contributed by atoms with van der Waals surface area (Å²) >= 11 is 0. The highest BCUT2D eigenvalue weighted by atomic mass is 16.4. The molecule has 40 nitrogen and oxygen atoms in total. The third-order valence-corrected chi connectivity index (χ3v) is 13.4. The minimum Gasteiger partial charge on any atom is -0.480 e. The Morgan fingerprint density at radius 1 is 0.283 bits per heavy atom. The SMILES string of the molecule is NCCCC[C@H](NC(=O)[C@H](N)CCCN=C(N)N)C(=O)N[C@@H](CCCCN)C(=O)N[C@@H](CCCN=C(N)N)C(=O)N[C@H](CCCN=C(N)N)C(=O)N[C@@H](CCC(N)=O)C(=O)N[C@@H](CCC(N)=O)C(=O)N[C@@H](CCCN=C(N)N)C(=O)N[C@H](CCCN=C(N)N)C(=O)O. The summed E-state index contributed by atoms with van der Waals surface area (Å²) in [5.74, 6) is -12.1. The molecule has 0 aliphatic carbocycles. The van der Waals surface area contributed by atoms with Crippen LogP contribution in [0.2, 0.25) is 0 Å². The van der Waals surface area contributed by atoms with E-state index < -0.39 is 145 Å². The lowest BCUT2D eigenvalue weighted by Crippen LogP contribution is -2.60. The van der Waals surface area contributed by atoms with Gasteiger partial charge in [0, 0.05) is 45.6 Å². The summed E-state index contributed by atoms with van der Waals surface area (Å²) in [6.07, 6.45) is -0.511. The molecule has 39 N–H and O–H groups in total. The van der Waals surface area contributed by atoms with Gasteiger partial charge in [0.05, 0.1) is 6.04 Å². The largest absolute Gasteiger partial charge is 0.480 e. The molecular formula is C52H102N28O12. The highest BCUT2D eigenvalue weighted by Crippen LogP contribution is 2.12. The fraction of sp³-hybridized carbons (Fsp3) is 0.692. The average molecular weight is 1310 g/mol. The summed E-state index contributed by atoms with van der Waals surface area (Å²) in [6, 6.07) is -13.2. The number of carbonyl (C=O) groups is 11. The number of carbonyl (C=O) groups excluding carboxylic acids is 10. The lowest BCUT2D eigenvalue weighted by Gasteiger charge is -2.28. The molecule has 0 rings (SSSR count). The maximum atomic E-state index is 14.6. The van der Waals surface area contributed by atoms with Crippen LogP contribution in [0.5, 0.6) is 0 Å². The number of primary amides is 2. The second-order valence-electron chi connectivity index (χ2n) is 21.3. The quantitative estimate of drug-likeness (QED) is 0.0153. The number of nitrogens with zero attached hydrogens (tertiary/aromatic N) is 5. The van der Waals surface area contributed by atoms with Crippen LogP contribution in [0.25, 0.3) is 0 Å². The number of amides is 10. The van der Waals surface area contributed by atoms with Gasteiger partial charge in [-0.3, -0.25) is 72.9 Å². The molecule has 0 radical (unpaired) electrons. The molecule has 0 aromatic rings. The van der Waals surface area contributed by atoms with Crippen LogP contribution < -0.4 is 129 Å². The van der Waals surface area contributed by atoms with Crippen LogP contribution in [0.3, 0.4) is 0 Å². The predicted molar refractivity (Wildman–Crippen MR) is 343 cm³/mol. The number of guanidine groups is 5. The molecule has 0 spiro atoms. The highest BCUT2D eigenvalue weighted by Gasteiger charge is 2.35. The van der Waals surface area contributed by atoms with Crippen molar-refractivity contribution in [1.82, 2.24) is 42.5 Å². The Balaban J connectivity index is 7.36. The van der Waals surface area contributed by atoms with Crippen LogP contribution >= 0.6 is 0 Å². The molecule has 40 heteroatoms. The number of unbranched alkanes of at least 4 members (excludes halogenated alkanes) is 2. The summed E-state index contributed by atoms with van der Waals surface area (Å²) in [4.78, 5) is 169. The van der Waals surface area contributed by atoms with Gasteiger partial charge >= 0.3 is 5.97 Å². The molecule has 0 bridgehead atoms. The van der Waals surface area contributed by atoms with Gasteiger partial charge in [-0.2, -0.15) is 0 Å². The number of carboxylic acids is 1. The van der Waals surface area contributed by atoms with Gasteiger partial charge in [0.2, 0.25) is 59.1 Å². The first-order chi connectivity index (χ1) is 43.4. The highest BCUT2D eigenvalue weighted by molar-refractivity contribution is 5.98. The Kier molecular flexibility index (Phi) is 42.4. The van der Waals surface area contributed by atoms with Crippen LogP contribution in [0, 0.1) is 0 Å². The van der Waals surface area contributed by atoms with Crippen molar-refractivity contribution < 1.29 is 57.8 Å². The maximum Gasteiger partial charge on any atom is 0.326 e. The van der Waals surface area contributed by atoms with E-state index in [2.05, 4.69) is 67.5 Å². The van der Waals surface area contributed by atoms with Gasteiger partial charge in [-0.15, -0.1) is 0 Å². The predicted octanol–water partition coefficient (Wildman–Crippen LogP) is -10.7. The second-order valence-corrected chi connectivity index (χ2v) is 21.3. The first-order valence-corrected chi connectivity index (χ1v) is 30.1. The van der Waals surface area contributed by atoms with Crippen molar-refractivity contribution in [2.45, 2.75) is 183 Å². The molecule has 9 atom stereocenters. The molecule has 0 aromatic heterocycles. The van der Waals surface area contributed by atoms with Crippen LogP contribution in [-0.2, 0) is 52.7 Å². The number of aliphatic carboxylic acids is 1. The van der Waals surface area contributed by atoms with Gasteiger partial charge in [0.1, 0.15) is 48.3 Å². The van der Waals surface area contributed by atoms with Gasteiger partial charge in [-0.05, 0) is 129 Å². The molecule has 0 aliphatic heterocycles. The first-order valence-electron chi connectivity index (χ1n) is 30.1. The number of hydrogen-bond donors (Lipinski definition) is 24. The molecule has 0 heterocycles. The number of nitrogens with two attached hydrogens (primary N) is 15. The van der Waals surface area contributed by atoms with Crippen LogP contribution in [0.1, 0.15) is 128 Å². The zero-order chi connectivity index (χ0) is 69.7. The van der Waals surface area contributed by atoms with E-state index >= 15 is 0 Å². The molecule has 10 amide bonds. The monoisotopic (exact) mass is 1310 g/mol. The molecular weight excluding hydrogens is 1210 g/mol.